The molecule has 0 aromatic rings. The lowest BCUT2D eigenvalue weighted by molar-refractivity contribution is -0.143. The molecule has 0 aromatic heterocycles. The van der Waals surface area contributed by atoms with Crippen molar-refractivity contribution >= 4 is 11.9 Å². The van der Waals surface area contributed by atoms with Crippen LogP contribution in [0.25, 0.3) is 0 Å². The van der Waals surface area contributed by atoms with E-state index in [0.29, 0.717) is 19.4 Å². The van der Waals surface area contributed by atoms with Gasteiger partial charge in [0, 0.05) is 12.8 Å². The van der Waals surface area contributed by atoms with Crippen LogP contribution >= 0.6 is 0 Å². The van der Waals surface area contributed by atoms with E-state index < -0.39 is 12.1 Å². The molecule has 0 saturated carbocycles. The van der Waals surface area contributed by atoms with Gasteiger partial charge in [0.1, 0.15) is 0 Å². The maximum Gasteiger partial charge on any atom is 0.305 e. The van der Waals surface area contributed by atoms with Gasteiger partial charge in [-0.25, -0.2) is 0 Å². The Bertz CT molecular complexity index is 1440. The predicted molar refractivity (Wildman–Crippen MR) is 379 cm³/mol. The van der Waals surface area contributed by atoms with Crippen molar-refractivity contribution in [3.63, 3.8) is 0 Å². The monoisotopic (exact) mass is 1210 g/mol. The topological polar surface area (TPSA) is 95.9 Å². The van der Waals surface area contributed by atoms with Crippen LogP contribution in [-0.4, -0.2) is 47.4 Å². The number of hydrogen-bond acceptors (Lipinski definition) is 5. The minimum absolute atomic E-state index is 0.00820. The van der Waals surface area contributed by atoms with Crippen LogP contribution in [0, 0.1) is 0 Å². The number of amides is 1. The van der Waals surface area contributed by atoms with E-state index in [2.05, 4.69) is 55.6 Å². The van der Waals surface area contributed by atoms with Crippen LogP contribution in [-0.2, 0) is 14.3 Å². The molecule has 0 fully saturated rings. The van der Waals surface area contributed by atoms with Crippen molar-refractivity contribution < 1.29 is 24.5 Å². The highest BCUT2D eigenvalue weighted by Gasteiger charge is 2.18. The zero-order chi connectivity index (χ0) is 62.0. The van der Waals surface area contributed by atoms with Crippen LogP contribution in [0.2, 0.25) is 0 Å². The van der Waals surface area contributed by atoms with Crippen molar-refractivity contribution in [2.45, 2.75) is 437 Å². The summed E-state index contributed by atoms with van der Waals surface area (Å²) >= 11 is 0. The van der Waals surface area contributed by atoms with Crippen molar-refractivity contribution in [2.24, 2.45) is 0 Å². The lowest BCUT2D eigenvalue weighted by Crippen LogP contribution is -2.45. The lowest BCUT2D eigenvalue weighted by Gasteiger charge is -2.20. The van der Waals surface area contributed by atoms with Gasteiger partial charge in [0.15, 0.2) is 0 Å². The van der Waals surface area contributed by atoms with Gasteiger partial charge in [-0.1, -0.05) is 371 Å². The summed E-state index contributed by atoms with van der Waals surface area (Å²) < 4.78 is 5.50. The highest BCUT2D eigenvalue weighted by molar-refractivity contribution is 5.76. The molecule has 86 heavy (non-hydrogen) atoms. The highest BCUT2D eigenvalue weighted by Crippen LogP contribution is 2.19. The zero-order valence-corrected chi connectivity index (χ0v) is 58.1. The number of carbonyl (C=O) groups is 2. The fourth-order valence-corrected chi connectivity index (χ4v) is 12.1. The summed E-state index contributed by atoms with van der Waals surface area (Å²) in [6, 6.07) is -0.630. The Kier molecular flexibility index (Phi) is 73.4. The molecule has 0 aliphatic heterocycles. The minimum atomic E-state index is -0.847. The lowest BCUT2D eigenvalue weighted by atomic mass is 10.0. The standard InChI is InChI=1S/C80H151NO5/c1-3-5-7-9-11-13-15-17-19-21-22-23-24-31-34-37-41-44-48-52-56-60-64-68-72-78(83)77(76-82)81-79(84)73-69-65-61-57-53-49-45-42-38-35-32-29-27-25-26-28-30-33-36-39-43-47-51-55-59-63-67-71-75-86-80(85)74-70-66-62-58-54-50-46-40-20-18-16-14-12-10-8-6-4-2/h12,14,18,20,25-26,68,72,77-78,82-83H,3-11,13,15-17,19,21-24,27-67,69-71,73-76H2,1-2H3,(H,81,84)/b14-12-,20-18-,26-25-,72-68+. The Morgan fingerprint density at radius 1 is 0.326 bits per heavy atom. The molecule has 2 atom stereocenters. The van der Waals surface area contributed by atoms with E-state index in [1.165, 1.54) is 347 Å². The van der Waals surface area contributed by atoms with Gasteiger partial charge in [-0.15, -0.1) is 0 Å². The van der Waals surface area contributed by atoms with Crippen molar-refractivity contribution in [3.05, 3.63) is 48.6 Å². The maximum atomic E-state index is 12.6. The molecule has 0 saturated heterocycles. The highest BCUT2D eigenvalue weighted by atomic mass is 16.5. The Labute approximate surface area is 537 Å². The van der Waals surface area contributed by atoms with Crippen molar-refractivity contribution in [1.29, 1.82) is 0 Å². The molecule has 0 aromatic carbocycles. The number of aliphatic hydroxyl groups is 2. The Hall–Kier alpha value is -2.18. The number of ether oxygens (including phenoxy) is 1. The maximum absolute atomic E-state index is 12.6. The van der Waals surface area contributed by atoms with Gasteiger partial charge in [-0.2, -0.15) is 0 Å². The van der Waals surface area contributed by atoms with E-state index >= 15 is 0 Å². The van der Waals surface area contributed by atoms with Crippen LogP contribution in [0.1, 0.15) is 425 Å². The van der Waals surface area contributed by atoms with E-state index in [4.69, 9.17) is 4.74 Å². The quantitative estimate of drug-likeness (QED) is 0.0320. The average Bonchev–Trinajstić information content (AvgIpc) is 3.53. The number of carbonyl (C=O) groups excluding carboxylic acids is 2. The largest absolute Gasteiger partial charge is 0.466 e. The van der Waals surface area contributed by atoms with Crippen molar-refractivity contribution in [1.82, 2.24) is 5.32 Å². The van der Waals surface area contributed by atoms with Gasteiger partial charge in [-0.3, -0.25) is 9.59 Å². The fraction of sp³-hybridized carbons (Fsp3) is 0.875. The number of unbranched alkanes of at least 4 members (excludes halogenated alkanes) is 56. The number of nitrogens with one attached hydrogen (secondary N) is 1. The molecular formula is C80H151NO5. The number of rotatable bonds is 73. The molecule has 506 valence electrons. The van der Waals surface area contributed by atoms with Crippen LogP contribution in [0.5, 0.6) is 0 Å². The van der Waals surface area contributed by atoms with E-state index in [0.717, 1.165) is 51.4 Å². The molecule has 1 amide bonds. The minimum Gasteiger partial charge on any atom is -0.466 e. The third-order valence-corrected chi connectivity index (χ3v) is 18.1. The first-order valence-corrected chi connectivity index (χ1v) is 38.9. The molecule has 6 heteroatoms. The van der Waals surface area contributed by atoms with E-state index in [1.54, 1.807) is 6.08 Å². The number of hydrogen-bond donors (Lipinski definition) is 3. The fourth-order valence-electron chi connectivity index (χ4n) is 12.1. The Balaban J connectivity index is 3.40. The predicted octanol–water partition coefficient (Wildman–Crippen LogP) is 25.6. The second kappa shape index (κ2) is 75.3. The normalized spacial score (nSPS) is 12.7. The summed E-state index contributed by atoms with van der Waals surface area (Å²) in [6.45, 7) is 4.92. The molecule has 0 radical (unpaired) electrons. The van der Waals surface area contributed by atoms with Gasteiger partial charge < -0.3 is 20.3 Å². The molecule has 3 N–H and O–H groups in total. The molecule has 0 aliphatic rings. The van der Waals surface area contributed by atoms with Gasteiger partial charge in [0.2, 0.25) is 5.91 Å². The van der Waals surface area contributed by atoms with Crippen LogP contribution < -0.4 is 5.32 Å². The summed E-state index contributed by atoms with van der Waals surface area (Å²) in [6.07, 6.45) is 99.3. The van der Waals surface area contributed by atoms with E-state index in [-0.39, 0.29) is 18.5 Å². The molecule has 6 nitrogen and oxygen atoms in total. The first kappa shape index (κ1) is 83.8. The summed E-state index contributed by atoms with van der Waals surface area (Å²) in [7, 11) is 0. The van der Waals surface area contributed by atoms with Crippen LogP contribution in [0.4, 0.5) is 0 Å². The summed E-state index contributed by atoms with van der Waals surface area (Å²) in [5.74, 6) is -0.0555. The molecule has 0 rings (SSSR count). The Morgan fingerprint density at radius 2 is 0.581 bits per heavy atom. The summed E-state index contributed by atoms with van der Waals surface area (Å²) in [5.41, 5.74) is 0. The Morgan fingerprint density at radius 3 is 0.919 bits per heavy atom. The third kappa shape index (κ3) is 70.9. The van der Waals surface area contributed by atoms with E-state index in [9.17, 15) is 19.8 Å². The van der Waals surface area contributed by atoms with Gasteiger partial charge in [0.25, 0.3) is 0 Å². The second-order valence-electron chi connectivity index (χ2n) is 26.7. The number of allylic oxidation sites excluding steroid dienone is 7. The summed E-state index contributed by atoms with van der Waals surface area (Å²) in [5, 5.41) is 23.3. The average molecular weight is 1210 g/mol. The van der Waals surface area contributed by atoms with Gasteiger partial charge in [0.05, 0.1) is 25.4 Å². The SMILES string of the molecule is CCCCC/C=C\C/C=C\CCCCCCCCCC(=O)OCCCCCCCCCCCCCC/C=C\CCCCCCCCCCCCCCC(=O)NC(CO)C(O)/C=C/CCCCCCCCCCCCCCCCCCCCCCCC. The number of aliphatic hydroxyl groups excluding tert-OH is 2. The molecule has 0 heterocycles. The van der Waals surface area contributed by atoms with E-state index in [1.807, 2.05) is 6.08 Å². The van der Waals surface area contributed by atoms with Crippen molar-refractivity contribution in [3.8, 4) is 0 Å². The molecular weight excluding hydrogens is 1050 g/mol. The third-order valence-electron chi connectivity index (χ3n) is 18.1. The smallest absolute Gasteiger partial charge is 0.305 e. The first-order chi connectivity index (χ1) is 42.5. The number of esters is 1. The molecule has 0 aliphatic carbocycles. The summed E-state index contributed by atoms with van der Waals surface area (Å²) in [4.78, 5) is 24.7. The van der Waals surface area contributed by atoms with Crippen molar-refractivity contribution in [2.75, 3.05) is 13.2 Å². The molecule has 2 unspecified atom stereocenters. The van der Waals surface area contributed by atoms with Crippen LogP contribution in [0.3, 0.4) is 0 Å². The molecule has 0 spiro atoms. The van der Waals surface area contributed by atoms with Gasteiger partial charge in [-0.05, 0) is 89.9 Å². The zero-order valence-electron chi connectivity index (χ0n) is 58.1. The van der Waals surface area contributed by atoms with Gasteiger partial charge >= 0.3 is 5.97 Å². The second-order valence-corrected chi connectivity index (χ2v) is 26.7. The first-order valence-electron chi connectivity index (χ1n) is 38.9. The van der Waals surface area contributed by atoms with Crippen LogP contribution in [0.15, 0.2) is 48.6 Å². The molecule has 0 bridgehead atoms.